The first kappa shape index (κ1) is 18.0. The summed E-state index contributed by atoms with van der Waals surface area (Å²) in [5.74, 6) is -2.08. The van der Waals surface area contributed by atoms with Gasteiger partial charge in [-0.15, -0.1) is 0 Å². The number of amides is 3. The molecule has 116 valence electrons. The van der Waals surface area contributed by atoms with E-state index in [2.05, 4.69) is 0 Å². The molecule has 0 aliphatic rings. The van der Waals surface area contributed by atoms with Crippen molar-refractivity contribution in [1.29, 1.82) is 0 Å². The van der Waals surface area contributed by atoms with Gasteiger partial charge in [0.2, 0.25) is 5.91 Å². The summed E-state index contributed by atoms with van der Waals surface area (Å²) in [6.45, 7) is -1.26. The number of carbonyl (C=O) groups excluding carboxylic acids is 2. The maximum atomic E-state index is 12.2. The Kier molecular flexibility index (Phi) is 6.80. The van der Waals surface area contributed by atoms with Crippen LogP contribution in [0.2, 0.25) is 0 Å². The summed E-state index contributed by atoms with van der Waals surface area (Å²) in [5.41, 5.74) is 0. The molecule has 3 amide bonds. The zero-order chi connectivity index (χ0) is 15.9. The number of rotatable bonds is 6. The Morgan fingerprint density at radius 1 is 1.25 bits per heavy atom. The summed E-state index contributed by atoms with van der Waals surface area (Å²) < 4.78 is 36.6. The number of hydrogen-bond acceptors (Lipinski definition) is 3. The Morgan fingerprint density at radius 3 is 2.20 bits per heavy atom. The van der Waals surface area contributed by atoms with Gasteiger partial charge in [-0.05, 0) is 6.92 Å². The largest absolute Gasteiger partial charge is 0.480 e. The van der Waals surface area contributed by atoms with Crippen molar-refractivity contribution in [3.05, 3.63) is 0 Å². The summed E-state index contributed by atoms with van der Waals surface area (Å²) in [6.07, 6.45) is -4.73. The van der Waals surface area contributed by atoms with Crippen LogP contribution in [0.1, 0.15) is 6.92 Å². The molecular weight excluding hydrogens is 283 g/mol. The van der Waals surface area contributed by atoms with Gasteiger partial charge >= 0.3 is 18.2 Å². The summed E-state index contributed by atoms with van der Waals surface area (Å²) in [5, 5.41) is 10.4. The number of alkyl halides is 3. The highest BCUT2D eigenvalue weighted by Gasteiger charge is 2.34. The molecule has 0 spiro atoms. The lowest BCUT2D eigenvalue weighted by Crippen LogP contribution is -2.49. The number of urea groups is 1. The zero-order valence-electron chi connectivity index (χ0n) is 11.0. The van der Waals surface area contributed by atoms with Gasteiger partial charge in [-0.25, -0.2) is 4.79 Å². The molecule has 10 heteroatoms. The number of hydrogen-bond donors (Lipinski definition) is 2. The average molecular weight is 299 g/mol. The van der Waals surface area contributed by atoms with Crippen LogP contribution in [-0.4, -0.2) is 72.2 Å². The summed E-state index contributed by atoms with van der Waals surface area (Å²) in [6, 6.07) is -1.26. The van der Waals surface area contributed by atoms with Gasteiger partial charge in [0, 0.05) is 13.6 Å². The van der Waals surface area contributed by atoms with Crippen LogP contribution in [-0.2, 0) is 9.59 Å². The molecule has 0 heterocycles. The number of carbonyl (C=O) groups is 3. The molecule has 7 nitrogen and oxygen atoms in total. The molecule has 0 atom stereocenters. The van der Waals surface area contributed by atoms with Crippen molar-refractivity contribution in [1.82, 2.24) is 15.1 Å². The molecular formula is C10H16F3N3O4. The van der Waals surface area contributed by atoms with Crippen LogP contribution >= 0.6 is 0 Å². The maximum Gasteiger partial charge on any atom is 0.406 e. The topological polar surface area (TPSA) is 90.0 Å². The van der Waals surface area contributed by atoms with E-state index in [4.69, 9.17) is 5.11 Å². The van der Waals surface area contributed by atoms with Crippen molar-refractivity contribution in [2.24, 2.45) is 0 Å². The Morgan fingerprint density at radius 2 is 1.80 bits per heavy atom. The van der Waals surface area contributed by atoms with Gasteiger partial charge < -0.3 is 20.2 Å². The number of carboxylic acids is 1. The summed E-state index contributed by atoms with van der Waals surface area (Å²) >= 11 is 0. The lowest BCUT2D eigenvalue weighted by Gasteiger charge is -2.23. The van der Waals surface area contributed by atoms with E-state index in [9.17, 15) is 27.6 Å². The number of carboxylic acid groups (broad SMARTS) is 1. The fourth-order valence-electron chi connectivity index (χ4n) is 1.15. The molecule has 0 aromatic carbocycles. The second-order valence-electron chi connectivity index (χ2n) is 3.93. The molecule has 0 saturated heterocycles. The molecule has 0 fully saturated rings. The smallest absolute Gasteiger partial charge is 0.406 e. The Hall–Kier alpha value is -2.00. The van der Waals surface area contributed by atoms with Gasteiger partial charge in [0.15, 0.2) is 0 Å². The van der Waals surface area contributed by atoms with Crippen LogP contribution < -0.4 is 5.32 Å². The first-order valence-corrected chi connectivity index (χ1v) is 5.62. The van der Waals surface area contributed by atoms with E-state index in [0.29, 0.717) is 6.54 Å². The molecule has 0 bridgehead atoms. The van der Waals surface area contributed by atoms with Crippen molar-refractivity contribution in [3.8, 4) is 0 Å². The highest BCUT2D eigenvalue weighted by Crippen LogP contribution is 2.16. The van der Waals surface area contributed by atoms with Crippen LogP contribution in [0, 0.1) is 0 Å². The Labute approximate surface area is 113 Å². The van der Waals surface area contributed by atoms with Crippen molar-refractivity contribution in [3.63, 3.8) is 0 Å². The van der Waals surface area contributed by atoms with Crippen LogP contribution in [0.15, 0.2) is 0 Å². The minimum Gasteiger partial charge on any atom is -0.480 e. The zero-order valence-corrected chi connectivity index (χ0v) is 11.0. The average Bonchev–Trinajstić information content (AvgIpc) is 2.31. The van der Waals surface area contributed by atoms with Crippen LogP contribution in [0.25, 0.3) is 0 Å². The number of nitrogens with one attached hydrogen (secondary N) is 1. The first-order valence-electron chi connectivity index (χ1n) is 5.62. The predicted octanol–water partition coefficient (Wildman–Crippen LogP) is 0.123. The summed E-state index contributed by atoms with van der Waals surface area (Å²) in [7, 11) is 1.46. The molecule has 0 aromatic rings. The second kappa shape index (κ2) is 7.56. The van der Waals surface area contributed by atoms with Gasteiger partial charge in [0.25, 0.3) is 0 Å². The van der Waals surface area contributed by atoms with Gasteiger partial charge in [0.05, 0.1) is 6.54 Å². The van der Waals surface area contributed by atoms with Gasteiger partial charge in [-0.2, -0.15) is 13.2 Å². The van der Waals surface area contributed by atoms with E-state index >= 15 is 0 Å². The molecule has 0 saturated carbocycles. The van der Waals surface area contributed by atoms with Crippen molar-refractivity contribution in [2.45, 2.75) is 13.1 Å². The van der Waals surface area contributed by atoms with Gasteiger partial charge in [-0.3, -0.25) is 9.59 Å². The molecule has 0 rings (SSSR count). The van der Waals surface area contributed by atoms with E-state index < -0.39 is 43.7 Å². The molecule has 2 N–H and O–H groups in total. The molecule has 0 aromatic heterocycles. The Bertz CT molecular complexity index is 373. The number of nitrogens with zero attached hydrogens (tertiary/aromatic N) is 2. The fourth-order valence-corrected chi connectivity index (χ4v) is 1.15. The van der Waals surface area contributed by atoms with Gasteiger partial charge in [0.1, 0.15) is 13.1 Å². The number of likely N-dealkylation sites (N-methyl/N-ethyl adjacent to an activating group) is 1. The highest BCUT2D eigenvalue weighted by molar-refractivity contribution is 5.85. The van der Waals surface area contributed by atoms with E-state index in [0.717, 1.165) is 0 Å². The van der Waals surface area contributed by atoms with Crippen molar-refractivity contribution >= 4 is 17.9 Å². The van der Waals surface area contributed by atoms with E-state index in [-0.39, 0.29) is 4.90 Å². The minimum absolute atomic E-state index is 0.0710. The standard InChI is InChI=1S/C10H16F3N3O4/c1-3-15(2)7(17)4-14-9(20)16(5-8(18)19)6-10(11,12)13/h3-6H2,1-2H3,(H,14,20)(H,18,19). The lowest BCUT2D eigenvalue weighted by atomic mass is 10.4. The molecule has 0 aliphatic carbocycles. The van der Waals surface area contributed by atoms with E-state index in [1.807, 2.05) is 5.32 Å². The van der Waals surface area contributed by atoms with E-state index in [1.165, 1.54) is 11.9 Å². The quantitative estimate of drug-likeness (QED) is 0.729. The second-order valence-corrected chi connectivity index (χ2v) is 3.93. The molecule has 0 aliphatic heterocycles. The first-order chi connectivity index (χ1) is 9.06. The fraction of sp³-hybridized carbons (Fsp3) is 0.700. The monoisotopic (exact) mass is 299 g/mol. The third kappa shape index (κ3) is 7.44. The number of halogens is 3. The summed E-state index contributed by atoms with van der Waals surface area (Å²) in [4.78, 5) is 34.6. The van der Waals surface area contributed by atoms with Crippen molar-refractivity contribution < 1.29 is 32.7 Å². The van der Waals surface area contributed by atoms with Crippen LogP contribution in [0.4, 0.5) is 18.0 Å². The Balaban J connectivity index is 4.56. The van der Waals surface area contributed by atoms with Crippen LogP contribution in [0.3, 0.4) is 0 Å². The lowest BCUT2D eigenvalue weighted by molar-refractivity contribution is -0.148. The SMILES string of the molecule is CCN(C)C(=O)CNC(=O)N(CC(=O)O)CC(F)(F)F. The molecule has 0 unspecified atom stereocenters. The maximum absolute atomic E-state index is 12.2. The van der Waals surface area contributed by atoms with Gasteiger partial charge in [-0.1, -0.05) is 0 Å². The number of aliphatic carboxylic acids is 1. The van der Waals surface area contributed by atoms with E-state index in [1.54, 1.807) is 6.92 Å². The van der Waals surface area contributed by atoms with Crippen LogP contribution in [0.5, 0.6) is 0 Å². The third-order valence-electron chi connectivity index (χ3n) is 2.27. The predicted molar refractivity (Wildman–Crippen MR) is 62.0 cm³/mol. The van der Waals surface area contributed by atoms with Crippen molar-refractivity contribution in [2.75, 3.05) is 33.2 Å². The highest BCUT2D eigenvalue weighted by atomic mass is 19.4. The minimum atomic E-state index is -4.73. The third-order valence-corrected chi connectivity index (χ3v) is 2.27. The molecule has 0 radical (unpaired) electrons. The normalized spacial score (nSPS) is 10.8. The molecule has 20 heavy (non-hydrogen) atoms.